The molecular weight excluding hydrogens is 152 g/mol. The van der Waals surface area contributed by atoms with Gasteiger partial charge in [0.05, 0.1) is 5.92 Å². The predicted octanol–water partition coefficient (Wildman–Crippen LogP) is 1.32. The summed E-state index contributed by atoms with van der Waals surface area (Å²) in [6.07, 6.45) is 1.06. The number of halogens is 2. The molecule has 1 aliphatic carbocycles. The van der Waals surface area contributed by atoms with Crippen molar-refractivity contribution in [2.45, 2.75) is 24.4 Å². The summed E-state index contributed by atoms with van der Waals surface area (Å²) in [4.78, 5) is 0. The standard InChI is InChI=1S/C7H7F2NO/c8-7(9)5-2-1-3-11-6(5,7)4-10/h5H,1-3H2/t5-,6-/m1/s1. The van der Waals surface area contributed by atoms with Gasteiger partial charge in [-0.2, -0.15) is 5.26 Å². The first-order valence-corrected chi connectivity index (χ1v) is 3.58. The van der Waals surface area contributed by atoms with Crippen molar-refractivity contribution in [2.24, 2.45) is 5.92 Å². The van der Waals surface area contributed by atoms with Gasteiger partial charge in [-0.3, -0.25) is 0 Å². The van der Waals surface area contributed by atoms with E-state index in [-0.39, 0.29) is 0 Å². The molecule has 2 fully saturated rings. The van der Waals surface area contributed by atoms with Crippen LogP contribution in [0.2, 0.25) is 0 Å². The Hall–Kier alpha value is -0.690. The van der Waals surface area contributed by atoms with E-state index in [1.807, 2.05) is 0 Å². The van der Waals surface area contributed by atoms with E-state index >= 15 is 0 Å². The second kappa shape index (κ2) is 1.72. The molecule has 0 aromatic carbocycles. The number of nitriles is 1. The average molecular weight is 159 g/mol. The first kappa shape index (κ1) is 6.99. The maximum Gasteiger partial charge on any atom is 0.296 e. The van der Waals surface area contributed by atoms with Crippen LogP contribution in [0.15, 0.2) is 0 Å². The molecule has 1 aliphatic heterocycles. The molecule has 2 aliphatic rings. The number of ether oxygens (including phenoxy) is 1. The number of nitrogens with zero attached hydrogens (tertiary/aromatic N) is 1. The van der Waals surface area contributed by atoms with Crippen LogP contribution < -0.4 is 0 Å². The van der Waals surface area contributed by atoms with Gasteiger partial charge in [0.1, 0.15) is 6.07 Å². The van der Waals surface area contributed by atoms with Crippen LogP contribution in [0.5, 0.6) is 0 Å². The molecule has 2 atom stereocenters. The van der Waals surface area contributed by atoms with Crippen LogP contribution >= 0.6 is 0 Å². The minimum absolute atomic E-state index is 0.291. The molecule has 0 bridgehead atoms. The number of alkyl halides is 2. The zero-order valence-electron chi connectivity index (χ0n) is 5.81. The van der Waals surface area contributed by atoms with E-state index in [4.69, 9.17) is 10.00 Å². The van der Waals surface area contributed by atoms with Gasteiger partial charge in [-0.15, -0.1) is 0 Å². The zero-order valence-corrected chi connectivity index (χ0v) is 5.81. The summed E-state index contributed by atoms with van der Waals surface area (Å²) in [7, 11) is 0. The molecule has 11 heavy (non-hydrogen) atoms. The zero-order chi connectivity index (χ0) is 8.11. The minimum Gasteiger partial charge on any atom is -0.354 e. The Balaban J connectivity index is 2.28. The Morgan fingerprint density at radius 2 is 2.27 bits per heavy atom. The van der Waals surface area contributed by atoms with E-state index in [0.29, 0.717) is 19.4 Å². The van der Waals surface area contributed by atoms with Crippen molar-refractivity contribution in [3.8, 4) is 6.07 Å². The van der Waals surface area contributed by atoms with Crippen molar-refractivity contribution < 1.29 is 13.5 Å². The normalized spacial score (nSPS) is 45.7. The summed E-state index contributed by atoms with van der Waals surface area (Å²) in [5.74, 6) is -3.73. The Morgan fingerprint density at radius 1 is 1.55 bits per heavy atom. The van der Waals surface area contributed by atoms with E-state index in [2.05, 4.69) is 0 Å². The number of fused-ring (bicyclic) bond motifs is 1. The molecule has 0 aromatic heterocycles. The fraction of sp³-hybridized carbons (Fsp3) is 0.857. The highest BCUT2D eigenvalue weighted by Crippen LogP contribution is 2.64. The lowest BCUT2D eigenvalue weighted by molar-refractivity contribution is -0.0262. The molecule has 1 saturated heterocycles. The maximum atomic E-state index is 12.8. The molecule has 0 spiro atoms. The van der Waals surface area contributed by atoms with Gasteiger partial charge in [0.15, 0.2) is 0 Å². The molecule has 2 nitrogen and oxygen atoms in total. The van der Waals surface area contributed by atoms with Crippen molar-refractivity contribution in [3.05, 3.63) is 0 Å². The minimum atomic E-state index is -2.89. The average Bonchev–Trinajstić information content (AvgIpc) is 2.52. The lowest BCUT2D eigenvalue weighted by Crippen LogP contribution is -2.23. The van der Waals surface area contributed by atoms with Crippen LogP contribution in [0.3, 0.4) is 0 Å². The Bertz CT molecular complexity index is 235. The van der Waals surface area contributed by atoms with Crippen molar-refractivity contribution >= 4 is 0 Å². The van der Waals surface area contributed by atoms with Crippen LogP contribution in [-0.2, 0) is 4.74 Å². The van der Waals surface area contributed by atoms with E-state index < -0.39 is 17.4 Å². The Morgan fingerprint density at radius 3 is 2.73 bits per heavy atom. The Kier molecular flexibility index (Phi) is 1.10. The van der Waals surface area contributed by atoms with Crippen molar-refractivity contribution in [3.63, 3.8) is 0 Å². The second-order valence-corrected chi connectivity index (χ2v) is 3.01. The first-order valence-electron chi connectivity index (χ1n) is 3.58. The van der Waals surface area contributed by atoms with Gasteiger partial charge in [-0.1, -0.05) is 0 Å². The molecule has 60 valence electrons. The third-order valence-corrected chi connectivity index (χ3v) is 2.47. The SMILES string of the molecule is N#C[C@@]12OCCC[C@H]1C2(F)F. The molecule has 0 aromatic rings. The van der Waals surface area contributed by atoms with Gasteiger partial charge in [0, 0.05) is 6.61 Å². The summed E-state index contributed by atoms with van der Waals surface area (Å²) < 4.78 is 30.4. The van der Waals surface area contributed by atoms with Gasteiger partial charge in [0.2, 0.25) is 5.60 Å². The third-order valence-electron chi connectivity index (χ3n) is 2.47. The summed E-state index contributed by atoms with van der Waals surface area (Å²) in [5.41, 5.74) is -1.74. The topological polar surface area (TPSA) is 33.0 Å². The maximum absolute atomic E-state index is 12.8. The van der Waals surface area contributed by atoms with Crippen molar-refractivity contribution in [2.75, 3.05) is 6.61 Å². The lowest BCUT2D eigenvalue weighted by atomic mass is 10.1. The monoisotopic (exact) mass is 159 g/mol. The highest BCUT2D eigenvalue weighted by molar-refractivity contribution is 5.33. The molecule has 0 radical (unpaired) electrons. The summed E-state index contributed by atoms with van der Waals surface area (Å²) in [5, 5.41) is 8.47. The molecule has 0 N–H and O–H groups in total. The van der Waals surface area contributed by atoms with Gasteiger partial charge >= 0.3 is 0 Å². The van der Waals surface area contributed by atoms with Crippen LogP contribution in [-0.4, -0.2) is 18.1 Å². The fourth-order valence-electron chi connectivity index (χ4n) is 1.73. The molecular formula is C7H7F2NO. The van der Waals surface area contributed by atoms with Crippen molar-refractivity contribution in [1.82, 2.24) is 0 Å². The van der Waals surface area contributed by atoms with Crippen LogP contribution in [0, 0.1) is 17.2 Å². The molecule has 4 heteroatoms. The van der Waals surface area contributed by atoms with E-state index in [0.717, 1.165) is 0 Å². The van der Waals surface area contributed by atoms with Crippen molar-refractivity contribution in [1.29, 1.82) is 5.26 Å². The van der Waals surface area contributed by atoms with Gasteiger partial charge in [-0.25, -0.2) is 8.78 Å². The van der Waals surface area contributed by atoms with E-state index in [9.17, 15) is 8.78 Å². The van der Waals surface area contributed by atoms with Gasteiger partial charge < -0.3 is 4.74 Å². The molecule has 1 saturated carbocycles. The first-order chi connectivity index (χ1) is 5.15. The highest BCUT2D eigenvalue weighted by Gasteiger charge is 2.84. The molecule has 0 amide bonds. The largest absolute Gasteiger partial charge is 0.354 e. The smallest absolute Gasteiger partial charge is 0.296 e. The highest BCUT2D eigenvalue weighted by atomic mass is 19.3. The third kappa shape index (κ3) is 0.579. The van der Waals surface area contributed by atoms with Gasteiger partial charge in [0.25, 0.3) is 5.92 Å². The van der Waals surface area contributed by atoms with E-state index in [1.54, 1.807) is 6.07 Å². The van der Waals surface area contributed by atoms with E-state index in [1.165, 1.54) is 0 Å². The van der Waals surface area contributed by atoms with Crippen LogP contribution in [0.1, 0.15) is 12.8 Å². The molecule has 0 unspecified atom stereocenters. The van der Waals surface area contributed by atoms with Gasteiger partial charge in [-0.05, 0) is 12.8 Å². The summed E-state index contributed by atoms with van der Waals surface area (Å²) >= 11 is 0. The number of rotatable bonds is 0. The lowest BCUT2D eigenvalue weighted by Gasteiger charge is -2.12. The quantitative estimate of drug-likeness (QED) is 0.534. The molecule has 1 heterocycles. The Labute approximate surface area is 62.8 Å². The number of hydrogen-bond donors (Lipinski definition) is 0. The summed E-state index contributed by atoms with van der Waals surface area (Å²) in [6.45, 7) is 0.291. The van der Waals surface area contributed by atoms with Crippen LogP contribution in [0.25, 0.3) is 0 Å². The number of hydrogen-bond acceptors (Lipinski definition) is 2. The second-order valence-electron chi connectivity index (χ2n) is 3.01. The summed E-state index contributed by atoms with van der Waals surface area (Å²) in [6, 6.07) is 1.57. The predicted molar refractivity (Wildman–Crippen MR) is 32.0 cm³/mol. The molecule has 2 rings (SSSR count). The fourth-order valence-corrected chi connectivity index (χ4v) is 1.73. The van der Waals surface area contributed by atoms with Crippen LogP contribution in [0.4, 0.5) is 8.78 Å².